The fourth-order valence-corrected chi connectivity index (χ4v) is 3.07. The maximum Gasteiger partial charge on any atom is 0.261 e. The van der Waals surface area contributed by atoms with Crippen molar-refractivity contribution in [3.63, 3.8) is 0 Å². The molecule has 7 heteroatoms. The normalized spacial score (nSPS) is 11.4. The third kappa shape index (κ3) is 6.14. The van der Waals surface area contributed by atoms with Gasteiger partial charge in [0.25, 0.3) is 5.91 Å². The smallest absolute Gasteiger partial charge is 0.261 e. The Morgan fingerprint density at radius 3 is 2.07 bits per heavy atom. The van der Waals surface area contributed by atoms with Gasteiger partial charge in [0.2, 0.25) is 5.91 Å². The highest BCUT2D eigenvalue weighted by molar-refractivity contribution is 5.88. The first-order chi connectivity index (χ1) is 14.4. The van der Waals surface area contributed by atoms with Crippen LogP contribution in [-0.4, -0.2) is 50.6 Å². The molecule has 0 fully saturated rings. The number of amides is 2. The summed E-state index contributed by atoms with van der Waals surface area (Å²) < 4.78 is 16.2. The van der Waals surface area contributed by atoms with Crippen LogP contribution in [0.1, 0.15) is 24.5 Å². The number of hydrogen-bond donors (Lipinski definition) is 1. The molecule has 162 valence electrons. The summed E-state index contributed by atoms with van der Waals surface area (Å²) in [5, 5.41) is 2.64. The summed E-state index contributed by atoms with van der Waals surface area (Å²) in [7, 11) is 4.66. The van der Waals surface area contributed by atoms with Crippen molar-refractivity contribution in [2.75, 3.05) is 27.9 Å². The Hall–Kier alpha value is -3.22. The van der Waals surface area contributed by atoms with Crippen LogP contribution in [0, 0.1) is 6.92 Å². The second kappa shape index (κ2) is 11.1. The number of nitrogens with one attached hydrogen (secondary N) is 1. The van der Waals surface area contributed by atoms with Gasteiger partial charge in [-0.3, -0.25) is 9.59 Å². The molecule has 2 amide bonds. The maximum absolute atomic E-state index is 13.1. The molecule has 2 aromatic rings. The number of methoxy groups -OCH3 is 2. The van der Waals surface area contributed by atoms with E-state index in [1.807, 2.05) is 38.1 Å². The number of carbonyl (C=O) groups excluding carboxylic acids is 2. The van der Waals surface area contributed by atoms with E-state index in [9.17, 15) is 9.59 Å². The van der Waals surface area contributed by atoms with Gasteiger partial charge in [-0.15, -0.1) is 0 Å². The van der Waals surface area contributed by atoms with E-state index in [1.165, 1.54) is 0 Å². The molecule has 0 radical (unpaired) electrons. The topological polar surface area (TPSA) is 77.1 Å². The molecular formula is C23H30N2O5. The monoisotopic (exact) mass is 414 g/mol. The van der Waals surface area contributed by atoms with Crippen molar-refractivity contribution < 1.29 is 23.8 Å². The summed E-state index contributed by atoms with van der Waals surface area (Å²) in [6.07, 6.45) is 0.490. The van der Waals surface area contributed by atoms with Gasteiger partial charge in [-0.2, -0.15) is 0 Å². The molecule has 1 N–H and O–H groups in total. The van der Waals surface area contributed by atoms with Gasteiger partial charge >= 0.3 is 0 Å². The molecule has 0 aliphatic rings. The van der Waals surface area contributed by atoms with E-state index < -0.39 is 6.04 Å². The lowest BCUT2D eigenvalue weighted by molar-refractivity contribution is -0.142. The Labute approximate surface area is 177 Å². The van der Waals surface area contributed by atoms with Crippen LogP contribution in [0.15, 0.2) is 42.5 Å². The van der Waals surface area contributed by atoms with E-state index in [1.54, 1.807) is 44.4 Å². The van der Waals surface area contributed by atoms with Crippen LogP contribution in [-0.2, 0) is 16.1 Å². The van der Waals surface area contributed by atoms with Gasteiger partial charge in [0, 0.05) is 31.8 Å². The van der Waals surface area contributed by atoms with Crippen LogP contribution in [0.3, 0.4) is 0 Å². The molecule has 2 aromatic carbocycles. The molecule has 0 aromatic heterocycles. The van der Waals surface area contributed by atoms with Crippen LogP contribution >= 0.6 is 0 Å². The summed E-state index contributed by atoms with van der Waals surface area (Å²) in [4.78, 5) is 27.0. The van der Waals surface area contributed by atoms with Gasteiger partial charge in [-0.25, -0.2) is 0 Å². The van der Waals surface area contributed by atoms with E-state index in [0.29, 0.717) is 30.2 Å². The molecule has 30 heavy (non-hydrogen) atoms. The van der Waals surface area contributed by atoms with Crippen molar-refractivity contribution in [2.45, 2.75) is 32.9 Å². The third-order valence-corrected chi connectivity index (χ3v) is 4.79. The molecule has 1 atom stereocenters. The van der Waals surface area contributed by atoms with E-state index >= 15 is 0 Å². The second-order valence-electron chi connectivity index (χ2n) is 6.88. The number of nitrogens with zero attached hydrogens (tertiary/aromatic N) is 1. The van der Waals surface area contributed by atoms with Crippen LogP contribution in [0.25, 0.3) is 0 Å². The Morgan fingerprint density at radius 2 is 1.57 bits per heavy atom. The number of benzene rings is 2. The molecule has 0 aliphatic carbocycles. The molecule has 0 spiro atoms. The summed E-state index contributed by atoms with van der Waals surface area (Å²) >= 11 is 0. The number of rotatable bonds is 10. The minimum absolute atomic E-state index is 0.207. The lowest BCUT2D eigenvalue weighted by Crippen LogP contribution is -2.49. The molecule has 0 saturated carbocycles. The molecule has 0 bridgehead atoms. The van der Waals surface area contributed by atoms with Crippen molar-refractivity contribution in [2.24, 2.45) is 0 Å². The van der Waals surface area contributed by atoms with Crippen molar-refractivity contribution in [1.29, 1.82) is 0 Å². The lowest BCUT2D eigenvalue weighted by atomic mass is 10.1. The average molecular weight is 415 g/mol. The van der Waals surface area contributed by atoms with Crippen molar-refractivity contribution >= 4 is 11.8 Å². The number of aryl methyl sites for hydroxylation is 1. The first kappa shape index (κ1) is 23.1. The average Bonchev–Trinajstić information content (AvgIpc) is 2.77. The highest BCUT2D eigenvalue weighted by Gasteiger charge is 2.28. The molecule has 0 aliphatic heterocycles. The van der Waals surface area contributed by atoms with Crippen LogP contribution in [0.5, 0.6) is 17.2 Å². The zero-order valence-corrected chi connectivity index (χ0v) is 18.2. The summed E-state index contributed by atoms with van der Waals surface area (Å²) in [5.41, 5.74) is 2.07. The van der Waals surface area contributed by atoms with Crippen LogP contribution < -0.4 is 19.5 Å². The van der Waals surface area contributed by atoms with Crippen LogP contribution in [0.2, 0.25) is 0 Å². The van der Waals surface area contributed by atoms with E-state index in [4.69, 9.17) is 14.2 Å². The quantitative estimate of drug-likeness (QED) is 0.647. The number of hydrogen-bond acceptors (Lipinski definition) is 5. The molecule has 7 nitrogen and oxygen atoms in total. The number of carbonyl (C=O) groups is 2. The predicted molar refractivity (Wildman–Crippen MR) is 115 cm³/mol. The van der Waals surface area contributed by atoms with Gasteiger partial charge in [0.05, 0.1) is 14.2 Å². The minimum Gasteiger partial charge on any atom is -0.496 e. The number of likely N-dealkylation sites (N-methyl/N-ethyl adjacent to an activating group) is 1. The zero-order chi connectivity index (χ0) is 22.1. The minimum atomic E-state index is -0.591. The third-order valence-electron chi connectivity index (χ3n) is 4.79. The lowest BCUT2D eigenvalue weighted by Gasteiger charge is -2.30. The Morgan fingerprint density at radius 1 is 1.00 bits per heavy atom. The summed E-state index contributed by atoms with van der Waals surface area (Å²) in [5.74, 6) is 1.08. The molecule has 0 unspecified atom stereocenters. The maximum atomic E-state index is 13.1. The molecule has 0 saturated heterocycles. The largest absolute Gasteiger partial charge is 0.496 e. The van der Waals surface area contributed by atoms with Gasteiger partial charge < -0.3 is 24.4 Å². The highest BCUT2D eigenvalue weighted by Crippen LogP contribution is 2.27. The molecular weight excluding hydrogens is 384 g/mol. The Balaban J connectivity index is 2.21. The van der Waals surface area contributed by atoms with E-state index in [0.717, 1.165) is 11.1 Å². The molecule has 2 rings (SSSR count). The fraction of sp³-hybridized carbons (Fsp3) is 0.391. The summed E-state index contributed by atoms with van der Waals surface area (Å²) in [6.45, 7) is 3.98. The SMILES string of the molecule is CC[C@@H](C(=O)NC)N(Cc1ccc(C)cc1)C(=O)COc1cc(OC)cc(OC)c1. The predicted octanol–water partition coefficient (Wildman–Crippen LogP) is 2.94. The fourth-order valence-electron chi connectivity index (χ4n) is 3.07. The van der Waals surface area contributed by atoms with Gasteiger partial charge in [-0.05, 0) is 18.9 Å². The zero-order valence-electron chi connectivity index (χ0n) is 18.2. The molecule has 0 heterocycles. The van der Waals surface area contributed by atoms with Crippen LogP contribution in [0.4, 0.5) is 0 Å². The van der Waals surface area contributed by atoms with E-state index in [2.05, 4.69) is 5.32 Å². The van der Waals surface area contributed by atoms with Gasteiger partial charge in [0.15, 0.2) is 6.61 Å². The van der Waals surface area contributed by atoms with Gasteiger partial charge in [-0.1, -0.05) is 36.8 Å². The van der Waals surface area contributed by atoms with Crippen molar-refractivity contribution in [3.8, 4) is 17.2 Å². The Bertz CT molecular complexity index is 829. The number of ether oxygens (including phenoxy) is 3. The van der Waals surface area contributed by atoms with Crippen molar-refractivity contribution in [3.05, 3.63) is 53.6 Å². The van der Waals surface area contributed by atoms with E-state index in [-0.39, 0.29) is 18.4 Å². The first-order valence-corrected chi connectivity index (χ1v) is 9.84. The highest BCUT2D eigenvalue weighted by atomic mass is 16.5. The van der Waals surface area contributed by atoms with Gasteiger partial charge in [0.1, 0.15) is 23.3 Å². The second-order valence-corrected chi connectivity index (χ2v) is 6.88. The van der Waals surface area contributed by atoms with Crippen molar-refractivity contribution in [1.82, 2.24) is 10.2 Å². The summed E-state index contributed by atoms with van der Waals surface area (Å²) in [6, 6.07) is 12.4. The first-order valence-electron chi connectivity index (χ1n) is 9.84. The Kier molecular flexibility index (Phi) is 8.53. The standard InChI is InChI=1S/C23H30N2O5/c1-6-21(23(27)24-3)25(14-17-9-7-16(2)8-10-17)22(26)15-30-20-12-18(28-4)11-19(13-20)29-5/h7-13,21H,6,14-15H2,1-5H3,(H,24,27)/t21-/m0/s1.